The fourth-order valence-electron chi connectivity index (χ4n) is 2.80. The highest BCUT2D eigenvalue weighted by atomic mass is 15.4. The monoisotopic (exact) mass is 259 g/mol. The van der Waals surface area contributed by atoms with E-state index in [0.717, 1.165) is 30.0 Å². The number of aryl methyl sites for hydroxylation is 2. The number of rotatable bonds is 2. The normalized spacial score (nSPS) is 14.9. The first-order valence-corrected chi connectivity index (χ1v) is 6.99. The van der Waals surface area contributed by atoms with Crippen LogP contribution in [-0.2, 0) is 12.8 Å². The molecule has 0 saturated carbocycles. The summed E-state index contributed by atoms with van der Waals surface area (Å²) in [5.74, 6) is 0.975. The van der Waals surface area contributed by atoms with Gasteiger partial charge >= 0.3 is 0 Å². The van der Waals surface area contributed by atoms with E-state index >= 15 is 0 Å². The summed E-state index contributed by atoms with van der Waals surface area (Å²) < 4.78 is 4.14. The molecule has 5 nitrogen and oxygen atoms in total. The molecule has 19 heavy (non-hydrogen) atoms. The van der Waals surface area contributed by atoms with Crippen LogP contribution in [0, 0.1) is 6.92 Å². The molecule has 2 heterocycles. The Bertz CT molecular complexity index is 606. The average molecular weight is 259 g/mol. The van der Waals surface area contributed by atoms with E-state index in [0.29, 0.717) is 0 Å². The maximum Gasteiger partial charge on any atom is 0.160 e. The maximum absolute atomic E-state index is 6.23. The summed E-state index contributed by atoms with van der Waals surface area (Å²) >= 11 is 0. The first-order valence-electron chi connectivity index (χ1n) is 6.99. The van der Waals surface area contributed by atoms with Gasteiger partial charge in [0.25, 0.3) is 0 Å². The number of hydrogen-bond acceptors (Lipinski definition) is 3. The van der Waals surface area contributed by atoms with Gasteiger partial charge < -0.3 is 5.73 Å². The zero-order valence-electron chi connectivity index (χ0n) is 11.8. The van der Waals surface area contributed by atoms with Crippen LogP contribution in [0.15, 0.2) is 6.33 Å². The maximum atomic E-state index is 6.23. The van der Waals surface area contributed by atoms with Gasteiger partial charge in [-0.3, -0.25) is 4.57 Å². The van der Waals surface area contributed by atoms with Crippen LogP contribution in [0.3, 0.4) is 0 Å². The molecule has 5 heteroatoms. The molecule has 0 fully saturated rings. The van der Waals surface area contributed by atoms with Crippen molar-refractivity contribution in [1.82, 2.24) is 19.3 Å². The first kappa shape index (κ1) is 12.3. The number of nitrogens with zero attached hydrogens (tertiary/aromatic N) is 4. The zero-order valence-corrected chi connectivity index (χ0v) is 11.8. The second kappa shape index (κ2) is 4.40. The summed E-state index contributed by atoms with van der Waals surface area (Å²) in [7, 11) is 0. The largest absolute Gasteiger partial charge is 0.394 e. The molecule has 3 rings (SSSR count). The Balaban J connectivity index is 2.19. The van der Waals surface area contributed by atoms with Gasteiger partial charge in [0.1, 0.15) is 6.33 Å². The minimum atomic E-state index is 0.285. The zero-order chi connectivity index (χ0) is 13.6. The second-order valence-electron chi connectivity index (χ2n) is 5.58. The third-order valence-electron chi connectivity index (χ3n) is 3.85. The number of anilines is 1. The van der Waals surface area contributed by atoms with Crippen molar-refractivity contribution >= 4 is 5.69 Å². The molecule has 0 amide bonds. The average Bonchev–Trinajstić information content (AvgIpc) is 2.92. The Kier molecular flexibility index (Phi) is 2.84. The lowest BCUT2D eigenvalue weighted by Gasteiger charge is -2.17. The van der Waals surface area contributed by atoms with Crippen LogP contribution in [0.2, 0.25) is 0 Å². The Morgan fingerprint density at radius 3 is 2.74 bits per heavy atom. The van der Waals surface area contributed by atoms with Gasteiger partial charge in [-0.05, 0) is 46.5 Å². The minimum absolute atomic E-state index is 0.285. The van der Waals surface area contributed by atoms with Gasteiger partial charge in [-0.1, -0.05) is 0 Å². The lowest BCUT2D eigenvalue weighted by Crippen LogP contribution is -2.14. The van der Waals surface area contributed by atoms with Crippen LogP contribution in [0.4, 0.5) is 5.69 Å². The third-order valence-corrected chi connectivity index (χ3v) is 3.85. The van der Waals surface area contributed by atoms with Crippen LogP contribution in [0.25, 0.3) is 5.82 Å². The quantitative estimate of drug-likeness (QED) is 0.901. The van der Waals surface area contributed by atoms with E-state index in [-0.39, 0.29) is 6.04 Å². The lowest BCUT2D eigenvalue weighted by atomic mass is 10.0. The molecule has 1 aliphatic rings. The lowest BCUT2D eigenvalue weighted by molar-refractivity contribution is 0.515. The summed E-state index contributed by atoms with van der Waals surface area (Å²) in [6, 6.07) is 0.285. The van der Waals surface area contributed by atoms with Crippen LogP contribution in [0.5, 0.6) is 0 Å². The van der Waals surface area contributed by atoms with Crippen molar-refractivity contribution in [2.24, 2.45) is 0 Å². The summed E-state index contributed by atoms with van der Waals surface area (Å²) in [6.45, 7) is 6.21. The van der Waals surface area contributed by atoms with Gasteiger partial charge in [-0.25, -0.2) is 9.67 Å². The van der Waals surface area contributed by atoms with E-state index in [1.165, 1.54) is 24.2 Å². The number of fused-ring (bicyclic) bond motifs is 1. The van der Waals surface area contributed by atoms with Gasteiger partial charge in [-0.2, -0.15) is 5.10 Å². The van der Waals surface area contributed by atoms with Gasteiger partial charge in [0, 0.05) is 11.7 Å². The molecule has 0 aliphatic heterocycles. The Labute approximate surface area is 113 Å². The molecule has 0 aromatic carbocycles. The topological polar surface area (TPSA) is 61.7 Å². The molecule has 102 valence electrons. The molecule has 0 atom stereocenters. The highest BCUT2D eigenvalue weighted by Gasteiger charge is 2.22. The molecule has 0 spiro atoms. The van der Waals surface area contributed by atoms with Crippen molar-refractivity contribution in [3.05, 3.63) is 23.4 Å². The van der Waals surface area contributed by atoms with Crippen molar-refractivity contribution in [2.45, 2.75) is 52.5 Å². The molecule has 0 unspecified atom stereocenters. The third kappa shape index (κ3) is 1.84. The van der Waals surface area contributed by atoms with E-state index in [1.54, 1.807) is 0 Å². The molecule has 1 aliphatic carbocycles. The van der Waals surface area contributed by atoms with E-state index < -0.39 is 0 Å². The molecule has 2 aromatic rings. The summed E-state index contributed by atoms with van der Waals surface area (Å²) in [4.78, 5) is 4.55. The van der Waals surface area contributed by atoms with Crippen LogP contribution < -0.4 is 5.73 Å². The molecule has 0 radical (unpaired) electrons. The predicted molar refractivity (Wildman–Crippen MR) is 75.5 cm³/mol. The number of nitrogens with two attached hydrogens (primary N) is 1. The Hall–Kier alpha value is -1.78. The van der Waals surface area contributed by atoms with Crippen molar-refractivity contribution in [2.75, 3.05) is 5.73 Å². The van der Waals surface area contributed by atoms with Crippen LogP contribution in [0.1, 0.15) is 49.8 Å². The van der Waals surface area contributed by atoms with Gasteiger partial charge in [-0.15, -0.1) is 0 Å². The molecule has 0 bridgehead atoms. The van der Waals surface area contributed by atoms with Gasteiger partial charge in [0.2, 0.25) is 0 Å². The minimum Gasteiger partial charge on any atom is -0.394 e. The summed E-state index contributed by atoms with van der Waals surface area (Å²) in [5, 5.41) is 4.56. The van der Waals surface area contributed by atoms with Gasteiger partial charge in [0.15, 0.2) is 5.82 Å². The number of hydrogen-bond donors (Lipinski definition) is 1. The molecule has 2 N–H and O–H groups in total. The predicted octanol–water partition coefficient (Wildman–Crippen LogP) is 2.42. The van der Waals surface area contributed by atoms with Crippen LogP contribution >= 0.6 is 0 Å². The molecular formula is C14H21N5. The fraction of sp³-hybridized carbons (Fsp3) is 0.571. The summed E-state index contributed by atoms with van der Waals surface area (Å²) in [5.41, 5.74) is 10.4. The van der Waals surface area contributed by atoms with Crippen molar-refractivity contribution in [3.63, 3.8) is 0 Å². The SMILES string of the molecule is Cc1nn(C(C)C)c(-n2cnc3c2CCCC3)c1N. The van der Waals surface area contributed by atoms with E-state index in [4.69, 9.17) is 5.73 Å². The van der Waals surface area contributed by atoms with E-state index in [2.05, 4.69) is 28.5 Å². The molecule has 2 aromatic heterocycles. The highest BCUT2D eigenvalue weighted by molar-refractivity contribution is 5.58. The first-order chi connectivity index (χ1) is 9.09. The van der Waals surface area contributed by atoms with Gasteiger partial charge in [0.05, 0.1) is 17.1 Å². The number of aromatic nitrogens is 4. The summed E-state index contributed by atoms with van der Waals surface area (Å²) in [6.07, 6.45) is 6.53. The number of nitrogen functional groups attached to an aromatic ring is 1. The molecular weight excluding hydrogens is 238 g/mol. The second-order valence-corrected chi connectivity index (χ2v) is 5.58. The number of imidazole rings is 1. The van der Waals surface area contributed by atoms with E-state index in [1.807, 2.05) is 17.9 Å². The van der Waals surface area contributed by atoms with Crippen molar-refractivity contribution in [1.29, 1.82) is 0 Å². The van der Waals surface area contributed by atoms with Crippen LogP contribution in [-0.4, -0.2) is 19.3 Å². The smallest absolute Gasteiger partial charge is 0.160 e. The Morgan fingerprint density at radius 1 is 1.26 bits per heavy atom. The highest BCUT2D eigenvalue weighted by Crippen LogP contribution is 2.29. The van der Waals surface area contributed by atoms with E-state index in [9.17, 15) is 0 Å². The van der Waals surface area contributed by atoms with Crippen molar-refractivity contribution < 1.29 is 0 Å². The fourth-order valence-corrected chi connectivity index (χ4v) is 2.80. The van der Waals surface area contributed by atoms with Crippen molar-refractivity contribution in [3.8, 4) is 5.82 Å². The standard InChI is InChI=1S/C14H21N5/c1-9(2)19-14(13(15)10(3)17-19)18-8-16-11-6-4-5-7-12(11)18/h8-9H,4-7,15H2,1-3H3. The Morgan fingerprint density at radius 2 is 2.00 bits per heavy atom. The molecule has 0 saturated heterocycles.